The third-order valence-corrected chi connectivity index (χ3v) is 23.1. The number of nitrogens with zero attached hydrogens (tertiary/aromatic N) is 2. The molecule has 1 saturated heterocycles. The Bertz CT molecular complexity index is 879. The molecule has 9 rings (SSSR count). The summed E-state index contributed by atoms with van der Waals surface area (Å²) in [7, 11) is 0. The van der Waals surface area contributed by atoms with E-state index in [2.05, 4.69) is 50.4 Å². The lowest BCUT2D eigenvalue weighted by atomic mass is 9.54. The predicted octanol–water partition coefficient (Wildman–Crippen LogP) is 8.62. The molecule has 8 saturated carbocycles. The van der Waals surface area contributed by atoms with Gasteiger partial charge in [-0.25, -0.2) is 0 Å². The standard InChI is InChI=1S/C28H48N2O2P2S2/c1-25(2,3)29-33(35,31-27-13-19-7-20(14-27)9-21(8-19)15-27)30(26(4,5)6)34(29,36)32-28-16-22-10-23(17-28)12-24(11-22)18-28/h19-24H,7-18H2,1-6H3. The normalized spacial score (nSPS) is 54.3. The highest BCUT2D eigenvalue weighted by molar-refractivity contribution is 8.27. The zero-order chi connectivity index (χ0) is 25.5. The average Bonchev–Trinajstić information content (AvgIpc) is 2.60. The van der Waals surface area contributed by atoms with Crippen LogP contribution in [0.25, 0.3) is 0 Å². The highest BCUT2D eigenvalue weighted by Gasteiger charge is 2.71. The van der Waals surface area contributed by atoms with Crippen LogP contribution in [0.4, 0.5) is 0 Å². The van der Waals surface area contributed by atoms with Crippen molar-refractivity contribution >= 4 is 36.7 Å². The SMILES string of the molecule is CC(C)(C)N1P(=S)(OC23CC4CC(CC(C4)C2)C3)N(C(C)(C)C)P1(=S)OC12CC3CC(CC(C3)C1)C2. The van der Waals surface area contributed by atoms with Gasteiger partial charge in [-0.2, -0.15) is 8.88 Å². The Kier molecular flexibility index (Phi) is 5.72. The van der Waals surface area contributed by atoms with Gasteiger partial charge in [0.25, 0.3) is 0 Å². The summed E-state index contributed by atoms with van der Waals surface area (Å²) in [6.45, 7) is 8.81. The molecular weight excluding hydrogens is 522 g/mol. The highest BCUT2D eigenvalue weighted by atomic mass is 32.5. The van der Waals surface area contributed by atoms with Gasteiger partial charge in [0.2, 0.25) is 13.1 Å². The summed E-state index contributed by atoms with van der Waals surface area (Å²) in [6, 6.07) is 0. The molecule has 0 spiro atoms. The molecule has 0 radical (unpaired) electrons. The monoisotopic (exact) mass is 570 g/mol. The molecule has 0 unspecified atom stereocenters. The van der Waals surface area contributed by atoms with Crippen molar-refractivity contribution in [2.45, 2.75) is 141 Å². The average molecular weight is 571 g/mol. The van der Waals surface area contributed by atoms with Crippen LogP contribution in [0.2, 0.25) is 0 Å². The van der Waals surface area contributed by atoms with Crippen LogP contribution in [-0.4, -0.2) is 31.2 Å². The third-order valence-electron chi connectivity index (χ3n) is 10.7. The molecule has 8 bridgehead atoms. The molecule has 36 heavy (non-hydrogen) atoms. The molecule has 1 heterocycles. The van der Waals surface area contributed by atoms with Gasteiger partial charge in [-0.05, 0) is 178 Å². The van der Waals surface area contributed by atoms with Crippen LogP contribution in [0.5, 0.6) is 0 Å². The summed E-state index contributed by atoms with van der Waals surface area (Å²) in [5, 5.41) is 0. The minimum atomic E-state index is -2.52. The van der Waals surface area contributed by atoms with E-state index >= 15 is 0 Å². The van der Waals surface area contributed by atoms with Crippen LogP contribution >= 0.6 is 13.1 Å². The molecule has 204 valence electrons. The number of rotatable bonds is 4. The smallest absolute Gasteiger partial charge is 0.218 e. The van der Waals surface area contributed by atoms with Crippen LogP contribution in [0.1, 0.15) is 119 Å². The van der Waals surface area contributed by atoms with Crippen LogP contribution < -0.4 is 0 Å². The lowest BCUT2D eigenvalue weighted by molar-refractivity contribution is -0.120. The Morgan fingerprint density at radius 2 is 0.750 bits per heavy atom. The van der Waals surface area contributed by atoms with Gasteiger partial charge in [-0.1, -0.05) is 0 Å². The summed E-state index contributed by atoms with van der Waals surface area (Å²) >= 11 is 13.6. The van der Waals surface area contributed by atoms with E-state index in [1.165, 1.54) is 77.0 Å². The molecule has 0 amide bonds. The van der Waals surface area contributed by atoms with E-state index < -0.39 is 13.1 Å². The second-order valence-corrected chi connectivity index (χ2v) is 23.7. The largest absolute Gasteiger partial charge is 0.319 e. The Morgan fingerprint density at radius 1 is 0.528 bits per heavy atom. The summed E-state index contributed by atoms with van der Waals surface area (Å²) < 4.78 is 20.1. The van der Waals surface area contributed by atoms with Crippen molar-refractivity contribution in [3.63, 3.8) is 0 Å². The molecule has 8 heteroatoms. The van der Waals surface area contributed by atoms with Gasteiger partial charge in [0.05, 0.1) is 11.2 Å². The quantitative estimate of drug-likeness (QED) is 0.314. The first-order chi connectivity index (χ1) is 16.6. The van der Waals surface area contributed by atoms with Crippen molar-refractivity contribution in [3.8, 4) is 0 Å². The Morgan fingerprint density at radius 3 is 0.944 bits per heavy atom. The fourth-order valence-corrected chi connectivity index (χ4v) is 27.4. The van der Waals surface area contributed by atoms with Crippen LogP contribution in [-0.2, 0) is 32.7 Å². The fourth-order valence-electron chi connectivity index (χ4n) is 10.9. The van der Waals surface area contributed by atoms with Gasteiger partial charge >= 0.3 is 0 Å². The molecule has 0 aromatic heterocycles. The van der Waals surface area contributed by atoms with E-state index in [-0.39, 0.29) is 22.3 Å². The number of hydrogen-bond donors (Lipinski definition) is 0. The Hall–Kier alpha value is 1.14. The van der Waals surface area contributed by atoms with Crippen LogP contribution in [0, 0.1) is 35.5 Å². The maximum Gasteiger partial charge on any atom is 0.218 e. The summed E-state index contributed by atoms with van der Waals surface area (Å²) in [5.41, 5.74) is -0.397. The predicted molar refractivity (Wildman–Crippen MR) is 156 cm³/mol. The fraction of sp³-hybridized carbons (Fsp3) is 1.00. The molecule has 0 aromatic carbocycles. The second kappa shape index (κ2) is 7.90. The highest BCUT2D eigenvalue weighted by Crippen LogP contribution is 2.93. The summed E-state index contributed by atoms with van der Waals surface area (Å²) in [6.07, 6.45) is 15.8. The topological polar surface area (TPSA) is 24.9 Å². The van der Waals surface area contributed by atoms with Crippen molar-refractivity contribution in [3.05, 3.63) is 0 Å². The molecular formula is C28H48N2O2P2S2. The zero-order valence-corrected chi connectivity index (χ0v) is 26.8. The van der Waals surface area contributed by atoms with Gasteiger partial charge in [-0.3, -0.25) is 0 Å². The van der Waals surface area contributed by atoms with Crippen molar-refractivity contribution in [2.75, 3.05) is 0 Å². The molecule has 9 aliphatic rings. The maximum atomic E-state index is 7.53. The molecule has 0 atom stereocenters. The van der Waals surface area contributed by atoms with E-state index in [1.54, 1.807) is 0 Å². The number of hydrogen-bond acceptors (Lipinski definition) is 4. The van der Waals surface area contributed by atoms with Crippen molar-refractivity contribution in [2.24, 2.45) is 35.5 Å². The van der Waals surface area contributed by atoms with Crippen LogP contribution in [0.15, 0.2) is 0 Å². The van der Waals surface area contributed by atoms with Gasteiger partial charge in [0.15, 0.2) is 0 Å². The molecule has 4 nitrogen and oxygen atoms in total. The molecule has 0 aromatic rings. The van der Waals surface area contributed by atoms with Crippen LogP contribution in [0.3, 0.4) is 0 Å². The van der Waals surface area contributed by atoms with E-state index in [9.17, 15) is 0 Å². The maximum absolute atomic E-state index is 7.53. The summed E-state index contributed by atoms with van der Waals surface area (Å²) in [5.74, 6) is 5.06. The molecule has 0 N–H and O–H groups in total. The van der Waals surface area contributed by atoms with E-state index in [4.69, 9.17) is 32.7 Å². The first-order valence-corrected chi connectivity index (χ1v) is 20.1. The molecule has 1 aliphatic heterocycles. The van der Waals surface area contributed by atoms with E-state index in [0.717, 1.165) is 35.5 Å². The summed E-state index contributed by atoms with van der Waals surface area (Å²) in [4.78, 5) is 0. The lowest BCUT2D eigenvalue weighted by Crippen LogP contribution is -2.62. The van der Waals surface area contributed by atoms with Gasteiger partial charge < -0.3 is 9.05 Å². The van der Waals surface area contributed by atoms with E-state index in [1.807, 2.05) is 0 Å². The minimum Gasteiger partial charge on any atom is -0.319 e. The van der Waals surface area contributed by atoms with Gasteiger partial charge in [0.1, 0.15) is 0 Å². The molecule has 8 aliphatic carbocycles. The third kappa shape index (κ3) is 3.85. The zero-order valence-electron chi connectivity index (χ0n) is 23.4. The van der Waals surface area contributed by atoms with Crippen molar-refractivity contribution in [1.29, 1.82) is 0 Å². The van der Waals surface area contributed by atoms with Gasteiger partial charge in [0, 0.05) is 11.1 Å². The van der Waals surface area contributed by atoms with Gasteiger partial charge in [-0.15, -0.1) is 0 Å². The first kappa shape index (κ1) is 26.1. The Balaban J connectivity index is 1.26. The van der Waals surface area contributed by atoms with Crippen molar-refractivity contribution in [1.82, 2.24) is 8.88 Å². The second-order valence-electron chi connectivity index (χ2n) is 16.3. The Labute approximate surface area is 230 Å². The lowest BCUT2D eigenvalue weighted by Gasteiger charge is -2.71. The first-order valence-electron chi connectivity index (χ1n) is 14.9. The minimum absolute atomic E-state index is 0.0292. The molecule has 9 fully saturated rings. The van der Waals surface area contributed by atoms with E-state index in [0.29, 0.717) is 0 Å². The van der Waals surface area contributed by atoms with Crippen molar-refractivity contribution < 1.29 is 9.05 Å².